The number of hydrogen-bond acceptors (Lipinski definition) is 2. The van der Waals surface area contributed by atoms with E-state index in [1.165, 1.54) is 26.2 Å². The van der Waals surface area contributed by atoms with Crippen molar-refractivity contribution < 1.29 is 19.0 Å². The molecule has 1 rings (SSSR count). The number of ether oxygens (including phenoxy) is 1. The zero-order valence-corrected chi connectivity index (χ0v) is 9.58. The molecule has 0 spiro atoms. The summed E-state index contributed by atoms with van der Waals surface area (Å²) in [5.41, 5.74) is -1.01. The number of methoxy groups -OCH3 is 1. The Kier molecular flexibility index (Phi) is 3.52. The van der Waals surface area contributed by atoms with Gasteiger partial charge in [0.2, 0.25) is 0 Å². The molecule has 0 amide bonds. The summed E-state index contributed by atoms with van der Waals surface area (Å²) >= 11 is 0. The van der Waals surface area contributed by atoms with Crippen molar-refractivity contribution in [3.63, 3.8) is 0 Å². The van der Waals surface area contributed by atoms with Gasteiger partial charge in [0.15, 0.2) is 0 Å². The van der Waals surface area contributed by atoms with Gasteiger partial charge in [0.1, 0.15) is 11.6 Å². The SMILES string of the molecule is CCC(C)(C(=O)O)c1ccc(OC)cc1F. The summed E-state index contributed by atoms with van der Waals surface area (Å²) in [6.07, 6.45) is 0.325. The van der Waals surface area contributed by atoms with Crippen LogP contribution < -0.4 is 4.74 Å². The summed E-state index contributed by atoms with van der Waals surface area (Å²) in [6, 6.07) is 4.23. The lowest BCUT2D eigenvalue weighted by atomic mass is 9.80. The molecular weight excluding hydrogens is 211 g/mol. The van der Waals surface area contributed by atoms with Crippen molar-refractivity contribution in [2.75, 3.05) is 7.11 Å². The zero-order valence-electron chi connectivity index (χ0n) is 9.58. The molecule has 0 saturated heterocycles. The van der Waals surface area contributed by atoms with Crippen LogP contribution in [0.2, 0.25) is 0 Å². The van der Waals surface area contributed by atoms with Gasteiger partial charge >= 0.3 is 5.97 Å². The Morgan fingerprint density at radius 1 is 1.56 bits per heavy atom. The van der Waals surface area contributed by atoms with E-state index in [0.717, 1.165) is 0 Å². The third kappa shape index (κ3) is 2.01. The fourth-order valence-electron chi connectivity index (χ4n) is 1.53. The lowest BCUT2D eigenvalue weighted by molar-refractivity contribution is -0.143. The van der Waals surface area contributed by atoms with E-state index in [2.05, 4.69) is 0 Å². The Morgan fingerprint density at radius 3 is 2.56 bits per heavy atom. The largest absolute Gasteiger partial charge is 0.497 e. The van der Waals surface area contributed by atoms with E-state index in [1.807, 2.05) is 0 Å². The topological polar surface area (TPSA) is 46.5 Å². The van der Waals surface area contributed by atoms with Gasteiger partial charge in [-0.3, -0.25) is 4.79 Å². The van der Waals surface area contributed by atoms with E-state index < -0.39 is 17.2 Å². The van der Waals surface area contributed by atoms with E-state index >= 15 is 0 Å². The number of rotatable bonds is 4. The molecule has 1 aromatic carbocycles. The Morgan fingerprint density at radius 2 is 2.19 bits per heavy atom. The van der Waals surface area contributed by atoms with Gasteiger partial charge in [0.05, 0.1) is 12.5 Å². The van der Waals surface area contributed by atoms with Gasteiger partial charge < -0.3 is 9.84 Å². The van der Waals surface area contributed by atoms with E-state index in [1.54, 1.807) is 13.0 Å². The van der Waals surface area contributed by atoms with Crippen molar-refractivity contribution in [2.45, 2.75) is 25.7 Å². The van der Waals surface area contributed by atoms with Gasteiger partial charge in [0.25, 0.3) is 0 Å². The molecule has 16 heavy (non-hydrogen) atoms. The van der Waals surface area contributed by atoms with Crippen LogP contribution in [0.1, 0.15) is 25.8 Å². The average Bonchev–Trinajstić information content (AvgIpc) is 2.27. The summed E-state index contributed by atoms with van der Waals surface area (Å²) in [7, 11) is 1.44. The Labute approximate surface area is 93.9 Å². The number of aliphatic carboxylic acids is 1. The highest BCUT2D eigenvalue weighted by Gasteiger charge is 2.35. The molecule has 0 radical (unpaired) electrons. The molecular formula is C12H15FO3. The van der Waals surface area contributed by atoms with Crippen LogP contribution in [0.3, 0.4) is 0 Å². The zero-order chi connectivity index (χ0) is 12.3. The highest BCUT2D eigenvalue weighted by atomic mass is 19.1. The first-order valence-electron chi connectivity index (χ1n) is 5.03. The molecule has 3 nitrogen and oxygen atoms in total. The van der Waals surface area contributed by atoms with Gasteiger partial charge in [-0.05, 0) is 19.4 Å². The predicted octanol–water partition coefficient (Wildman–Crippen LogP) is 2.59. The second-order valence-corrected chi connectivity index (χ2v) is 3.84. The highest BCUT2D eigenvalue weighted by molar-refractivity contribution is 5.80. The van der Waals surface area contributed by atoms with Crippen molar-refractivity contribution in [1.29, 1.82) is 0 Å². The maximum Gasteiger partial charge on any atom is 0.313 e. The minimum atomic E-state index is -1.20. The first kappa shape index (κ1) is 12.5. The van der Waals surface area contributed by atoms with Crippen LogP contribution >= 0.6 is 0 Å². The van der Waals surface area contributed by atoms with Gasteiger partial charge in [-0.1, -0.05) is 13.0 Å². The van der Waals surface area contributed by atoms with Crippen LogP contribution in [-0.4, -0.2) is 18.2 Å². The minimum absolute atomic E-state index is 0.184. The lowest BCUT2D eigenvalue weighted by Crippen LogP contribution is -2.32. The highest BCUT2D eigenvalue weighted by Crippen LogP contribution is 2.31. The molecule has 1 unspecified atom stereocenters. The minimum Gasteiger partial charge on any atom is -0.497 e. The molecule has 0 heterocycles. The van der Waals surface area contributed by atoms with E-state index in [9.17, 15) is 9.18 Å². The van der Waals surface area contributed by atoms with Crippen LogP contribution in [0.15, 0.2) is 18.2 Å². The van der Waals surface area contributed by atoms with Crippen molar-refractivity contribution in [1.82, 2.24) is 0 Å². The van der Waals surface area contributed by atoms with Gasteiger partial charge in [0, 0.05) is 11.6 Å². The van der Waals surface area contributed by atoms with Crippen LogP contribution in [-0.2, 0) is 10.2 Å². The van der Waals surface area contributed by atoms with Crippen LogP contribution in [0.5, 0.6) is 5.75 Å². The number of benzene rings is 1. The Bertz CT molecular complexity index is 403. The van der Waals surface area contributed by atoms with Crippen molar-refractivity contribution >= 4 is 5.97 Å². The summed E-state index contributed by atoms with van der Waals surface area (Å²) in [4.78, 5) is 11.2. The molecule has 0 aromatic heterocycles. The first-order chi connectivity index (χ1) is 7.45. The summed E-state index contributed by atoms with van der Waals surface area (Å²) in [5.74, 6) is -1.20. The average molecular weight is 226 g/mol. The molecule has 1 aromatic rings. The molecule has 0 aliphatic rings. The van der Waals surface area contributed by atoms with Crippen molar-refractivity contribution in [3.05, 3.63) is 29.6 Å². The maximum absolute atomic E-state index is 13.7. The van der Waals surface area contributed by atoms with E-state index in [4.69, 9.17) is 9.84 Å². The van der Waals surface area contributed by atoms with Gasteiger partial charge in [-0.2, -0.15) is 0 Å². The van der Waals surface area contributed by atoms with Crippen LogP contribution in [0.4, 0.5) is 4.39 Å². The molecule has 4 heteroatoms. The maximum atomic E-state index is 13.7. The Balaban J connectivity index is 3.27. The molecule has 1 N–H and O–H groups in total. The molecule has 88 valence electrons. The smallest absolute Gasteiger partial charge is 0.313 e. The monoisotopic (exact) mass is 226 g/mol. The number of carbonyl (C=O) groups is 1. The molecule has 1 atom stereocenters. The van der Waals surface area contributed by atoms with Crippen LogP contribution in [0, 0.1) is 5.82 Å². The second-order valence-electron chi connectivity index (χ2n) is 3.84. The Hall–Kier alpha value is -1.58. The van der Waals surface area contributed by atoms with E-state index in [0.29, 0.717) is 12.2 Å². The molecule has 0 fully saturated rings. The molecule has 0 aliphatic carbocycles. The van der Waals surface area contributed by atoms with Gasteiger partial charge in [-0.15, -0.1) is 0 Å². The standard InChI is InChI=1S/C12H15FO3/c1-4-12(2,11(14)15)9-6-5-8(16-3)7-10(9)13/h5-7H,4H2,1-3H3,(H,14,15). The van der Waals surface area contributed by atoms with Crippen molar-refractivity contribution in [2.24, 2.45) is 0 Å². The summed E-state index contributed by atoms with van der Waals surface area (Å²) in [5, 5.41) is 9.14. The number of carboxylic acid groups (broad SMARTS) is 1. The molecule has 0 saturated carbocycles. The summed E-state index contributed by atoms with van der Waals surface area (Å²) in [6.45, 7) is 3.23. The number of hydrogen-bond donors (Lipinski definition) is 1. The van der Waals surface area contributed by atoms with E-state index in [-0.39, 0.29) is 5.56 Å². The molecule has 0 aliphatic heterocycles. The molecule has 0 bridgehead atoms. The fraction of sp³-hybridized carbons (Fsp3) is 0.417. The van der Waals surface area contributed by atoms with Gasteiger partial charge in [-0.25, -0.2) is 4.39 Å². The predicted molar refractivity (Wildman–Crippen MR) is 58.2 cm³/mol. The normalized spacial score (nSPS) is 14.2. The fourth-order valence-corrected chi connectivity index (χ4v) is 1.53. The lowest BCUT2D eigenvalue weighted by Gasteiger charge is -2.24. The third-order valence-corrected chi connectivity index (χ3v) is 2.95. The van der Waals surface area contributed by atoms with Crippen molar-refractivity contribution in [3.8, 4) is 5.75 Å². The van der Waals surface area contributed by atoms with Crippen LogP contribution in [0.25, 0.3) is 0 Å². The number of halogens is 1. The summed E-state index contributed by atoms with van der Waals surface area (Å²) < 4.78 is 18.6. The number of carboxylic acids is 1. The second kappa shape index (κ2) is 4.51. The quantitative estimate of drug-likeness (QED) is 0.858. The first-order valence-corrected chi connectivity index (χ1v) is 5.03. The third-order valence-electron chi connectivity index (χ3n) is 2.95.